The predicted octanol–water partition coefficient (Wildman–Crippen LogP) is 2.21. The summed E-state index contributed by atoms with van der Waals surface area (Å²) in [5.74, 6) is 0.00138. The summed E-state index contributed by atoms with van der Waals surface area (Å²) in [6.07, 6.45) is -1.65. The number of benzene rings is 1. The minimum absolute atomic E-state index is 0.103. The van der Waals surface area contributed by atoms with Gasteiger partial charge in [0.1, 0.15) is 0 Å². The molecule has 1 rings (SSSR count). The van der Waals surface area contributed by atoms with Crippen molar-refractivity contribution in [2.45, 2.75) is 19.8 Å². The average Bonchev–Trinajstić information content (AvgIpc) is 2.38. The highest BCUT2D eigenvalue weighted by atomic mass is 31.0. The van der Waals surface area contributed by atoms with Gasteiger partial charge in [0.25, 0.3) is 5.69 Å². The van der Waals surface area contributed by atoms with Gasteiger partial charge in [-0.05, 0) is 6.07 Å². The van der Waals surface area contributed by atoms with E-state index in [4.69, 9.17) is 9.47 Å². The third-order valence-electron chi connectivity index (χ3n) is 2.28. The van der Waals surface area contributed by atoms with Crippen LogP contribution < -0.4 is 9.47 Å². The van der Waals surface area contributed by atoms with E-state index in [1.807, 2.05) is 0 Å². The van der Waals surface area contributed by atoms with Crippen molar-refractivity contribution >= 4 is 15.2 Å². The monoisotopic (exact) mass is 308 g/mol. The highest BCUT2D eigenvalue weighted by molar-refractivity contribution is 7.09. The lowest BCUT2D eigenvalue weighted by Crippen LogP contribution is -2.15. The molecule has 10 heteroatoms. The molecule has 0 radical (unpaired) electrons. The van der Waals surface area contributed by atoms with Crippen LogP contribution in [0.1, 0.15) is 12.5 Å². The maximum atomic E-state index is 12.9. The maximum Gasteiger partial charge on any atom is 0.278 e. The smallest absolute Gasteiger partial charge is 0.278 e. The van der Waals surface area contributed by atoms with Gasteiger partial charge in [-0.1, -0.05) is 5.23 Å². The molecule has 20 heavy (non-hydrogen) atoms. The zero-order valence-corrected chi connectivity index (χ0v) is 11.9. The molecule has 0 spiro atoms. The van der Waals surface area contributed by atoms with Crippen molar-refractivity contribution in [3.63, 3.8) is 0 Å². The number of methoxy groups -OCH3 is 1. The quantitative estimate of drug-likeness (QED) is 0.469. The van der Waals surface area contributed by atoms with Crippen LogP contribution in [0.3, 0.4) is 0 Å². The Kier molecular flexibility index (Phi) is 6.03. The standard InChI is InChI=1S/C10H14FN2O6P/c1-6(11)18-10-4-8(13(15)16)7(3-9(10)17-2)5-12(14)19-20/h3-4,6,14H,5,20H2,1-2H3. The van der Waals surface area contributed by atoms with E-state index < -0.39 is 11.3 Å². The molecule has 2 atom stereocenters. The molecule has 2 unspecified atom stereocenters. The van der Waals surface area contributed by atoms with Crippen molar-refractivity contribution in [2.24, 2.45) is 0 Å². The Morgan fingerprint density at radius 2 is 2.20 bits per heavy atom. The predicted molar refractivity (Wildman–Crippen MR) is 69.0 cm³/mol. The van der Waals surface area contributed by atoms with Crippen LogP contribution in [-0.2, 0) is 11.2 Å². The topological polar surface area (TPSA) is 94.3 Å². The Labute approximate surface area is 116 Å². The number of ether oxygens (including phenoxy) is 2. The molecular weight excluding hydrogens is 294 g/mol. The Hall–Kier alpha value is -1.54. The minimum Gasteiger partial charge on any atom is -0.493 e. The highest BCUT2D eigenvalue weighted by Gasteiger charge is 2.22. The van der Waals surface area contributed by atoms with Gasteiger partial charge in [0.2, 0.25) is 6.36 Å². The van der Waals surface area contributed by atoms with Crippen LogP contribution in [-0.4, -0.2) is 28.8 Å². The normalized spacial score (nSPS) is 12.3. The molecule has 0 amide bonds. The molecule has 8 nitrogen and oxygen atoms in total. The molecule has 0 saturated carbocycles. The van der Waals surface area contributed by atoms with Gasteiger partial charge in [-0.15, -0.1) is 0 Å². The van der Waals surface area contributed by atoms with E-state index in [1.165, 1.54) is 13.2 Å². The van der Waals surface area contributed by atoms with Gasteiger partial charge in [-0.25, -0.2) is 4.39 Å². The van der Waals surface area contributed by atoms with Crippen LogP contribution in [0.15, 0.2) is 12.1 Å². The van der Waals surface area contributed by atoms with Crippen molar-refractivity contribution in [2.75, 3.05) is 7.11 Å². The summed E-state index contributed by atoms with van der Waals surface area (Å²) in [4.78, 5) is 10.3. The van der Waals surface area contributed by atoms with Gasteiger partial charge in [0, 0.05) is 16.4 Å². The third-order valence-corrected chi connectivity index (χ3v) is 2.52. The Bertz CT molecular complexity index is 487. The van der Waals surface area contributed by atoms with Gasteiger partial charge in [0.15, 0.2) is 11.5 Å². The summed E-state index contributed by atoms with van der Waals surface area (Å²) in [6, 6.07) is 2.30. The summed E-state index contributed by atoms with van der Waals surface area (Å²) in [5, 5.41) is 20.6. The summed E-state index contributed by atoms with van der Waals surface area (Å²) in [7, 11) is 3.09. The van der Waals surface area contributed by atoms with Crippen LogP contribution in [0.2, 0.25) is 0 Å². The molecule has 0 aliphatic rings. The first-order valence-corrected chi connectivity index (χ1v) is 5.85. The molecule has 1 aromatic rings. The first kappa shape index (κ1) is 16.5. The molecule has 0 saturated heterocycles. The van der Waals surface area contributed by atoms with E-state index in [2.05, 4.69) is 4.62 Å². The molecule has 1 aromatic carbocycles. The Morgan fingerprint density at radius 1 is 1.55 bits per heavy atom. The lowest BCUT2D eigenvalue weighted by molar-refractivity contribution is -0.386. The summed E-state index contributed by atoms with van der Waals surface area (Å²) >= 11 is 0. The zero-order chi connectivity index (χ0) is 15.3. The second-order valence-electron chi connectivity index (χ2n) is 3.67. The highest BCUT2D eigenvalue weighted by Crippen LogP contribution is 2.36. The molecule has 0 heterocycles. The number of alkyl halides is 1. The van der Waals surface area contributed by atoms with Crippen LogP contribution in [0, 0.1) is 10.1 Å². The fourth-order valence-electron chi connectivity index (χ4n) is 1.50. The molecule has 0 aliphatic carbocycles. The van der Waals surface area contributed by atoms with Crippen LogP contribution >= 0.6 is 9.47 Å². The van der Waals surface area contributed by atoms with Crippen molar-refractivity contribution < 1.29 is 28.6 Å². The van der Waals surface area contributed by atoms with E-state index in [1.54, 1.807) is 9.47 Å². The molecular formula is C10H14FN2O6P. The number of hydroxylamine groups is 2. The van der Waals surface area contributed by atoms with E-state index in [9.17, 15) is 19.7 Å². The number of nitro benzene ring substituents is 1. The molecule has 0 bridgehead atoms. The molecule has 0 aromatic heterocycles. The van der Waals surface area contributed by atoms with E-state index in [0.717, 1.165) is 13.0 Å². The van der Waals surface area contributed by atoms with Crippen LogP contribution in [0.4, 0.5) is 10.1 Å². The number of nitro groups is 1. The molecule has 0 aliphatic heterocycles. The number of nitrogens with zero attached hydrogens (tertiary/aromatic N) is 2. The maximum absolute atomic E-state index is 12.9. The number of hydrogen-bond donors (Lipinski definition) is 1. The zero-order valence-electron chi connectivity index (χ0n) is 10.8. The molecule has 112 valence electrons. The van der Waals surface area contributed by atoms with Gasteiger partial charge in [0.05, 0.1) is 30.2 Å². The van der Waals surface area contributed by atoms with Crippen molar-refractivity contribution in [1.82, 2.24) is 5.23 Å². The summed E-state index contributed by atoms with van der Waals surface area (Å²) in [6.45, 7) is 0.846. The van der Waals surface area contributed by atoms with E-state index >= 15 is 0 Å². The number of hydrogen-bond acceptors (Lipinski definition) is 7. The summed E-state index contributed by atoms with van der Waals surface area (Å²) < 4.78 is 27.1. The lowest BCUT2D eigenvalue weighted by Gasteiger charge is -2.15. The van der Waals surface area contributed by atoms with Crippen molar-refractivity contribution in [3.8, 4) is 11.5 Å². The molecule has 1 N–H and O–H groups in total. The van der Waals surface area contributed by atoms with E-state index in [-0.39, 0.29) is 29.3 Å². The van der Waals surface area contributed by atoms with Gasteiger partial charge in [-0.3, -0.25) is 19.9 Å². The van der Waals surface area contributed by atoms with Gasteiger partial charge >= 0.3 is 0 Å². The number of rotatable bonds is 7. The Morgan fingerprint density at radius 3 is 2.65 bits per heavy atom. The first-order valence-electron chi connectivity index (χ1n) is 5.38. The minimum atomic E-state index is -1.65. The fraction of sp³-hybridized carbons (Fsp3) is 0.400. The SMILES string of the molecule is COc1cc(CN(O)OP)c([N+](=O)[O-])cc1OC(C)F. The van der Waals surface area contributed by atoms with Crippen LogP contribution in [0.25, 0.3) is 0 Å². The third kappa shape index (κ3) is 4.24. The van der Waals surface area contributed by atoms with Gasteiger partial charge < -0.3 is 9.47 Å². The fourth-order valence-corrected chi connectivity index (χ4v) is 1.57. The number of halogens is 1. The second kappa shape index (κ2) is 7.30. The summed E-state index contributed by atoms with van der Waals surface area (Å²) in [5.41, 5.74) is -0.252. The van der Waals surface area contributed by atoms with E-state index in [0.29, 0.717) is 5.23 Å². The first-order chi connectivity index (χ1) is 9.38. The lowest BCUT2D eigenvalue weighted by atomic mass is 10.1. The Balaban J connectivity index is 3.25. The largest absolute Gasteiger partial charge is 0.493 e. The second-order valence-corrected chi connectivity index (χ2v) is 3.88. The average molecular weight is 308 g/mol. The van der Waals surface area contributed by atoms with Crippen LogP contribution in [0.5, 0.6) is 11.5 Å². The molecule has 0 fully saturated rings. The van der Waals surface area contributed by atoms with Crippen molar-refractivity contribution in [3.05, 3.63) is 27.8 Å². The van der Waals surface area contributed by atoms with Gasteiger partial charge in [-0.2, -0.15) is 0 Å². The van der Waals surface area contributed by atoms with Crippen molar-refractivity contribution in [1.29, 1.82) is 0 Å².